The standard InChI is InChI=1S/C19H25ClN4O5/c1-11(28-12-6-7-23(10-12)18(26)27-5)16-13(17(25)29-19(2,3)4)9-21-15-8-14(20)22-24(15)16/h8-9,11-12H,6-7,10H2,1-5H3/t11-,12+/m0/s1. The smallest absolute Gasteiger partial charge is 0.409 e. The maximum absolute atomic E-state index is 12.8. The summed E-state index contributed by atoms with van der Waals surface area (Å²) in [6, 6.07) is 1.60. The highest BCUT2D eigenvalue weighted by Crippen LogP contribution is 2.28. The summed E-state index contributed by atoms with van der Waals surface area (Å²) >= 11 is 6.05. The van der Waals surface area contributed by atoms with E-state index in [4.69, 9.17) is 25.8 Å². The number of rotatable bonds is 4. The Morgan fingerprint density at radius 2 is 2.07 bits per heavy atom. The normalized spacial score (nSPS) is 18.1. The molecule has 0 radical (unpaired) electrons. The molecule has 0 saturated carbocycles. The van der Waals surface area contributed by atoms with E-state index < -0.39 is 17.7 Å². The van der Waals surface area contributed by atoms with Crippen LogP contribution in [0.2, 0.25) is 5.15 Å². The molecule has 10 heteroatoms. The first-order chi connectivity index (χ1) is 13.6. The van der Waals surface area contributed by atoms with Gasteiger partial charge in [0.25, 0.3) is 0 Å². The van der Waals surface area contributed by atoms with Gasteiger partial charge in [0.15, 0.2) is 10.8 Å². The average molecular weight is 425 g/mol. The highest BCUT2D eigenvalue weighted by Gasteiger charge is 2.32. The molecule has 29 heavy (non-hydrogen) atoms. The van der Waals surface area contributed by atoms with E-state index in [2.05, 4.69) is 10.1 Å². The van der Waals surface area contributed by atoms with Crippen LogP contribution in [0, 0.1) is 0 Å². The summed E-state index contributed by atoms with van der Waals surface area (Å²) in [4.78, 5) is 30.4. The number of carbonyl (C=O) groups excluding carboxylic acids is 2. The Kier molecular flexibility index (Phi) is 6.00. The molecule has 0 N–H and O–H groups in total. The van der Waals surface area contributed by atoms with Crippen molar-refractivity contribution in [3.05, 3.63) is 28.7 Å². The number of ether oxygens (including phenoxy) is 3. The topological polar surface area (TPSA) is 95.3 Å². The molecule has 1 aliphatic rings. The minimum absolute atomic E-state index is 0.204. The number of hydrogen-bond acceptors (Lipinski definition) is 7. The second kappa shape index (κ2) is 8.16. The van der Waals surface area contributed by atoms with Crippen molar-refractivity contribution in [1.29, 1.82) is 0 Å². The van der Waals surface area contributed by atoms with E-state index in [1.54, 1.807) is 31.7 Å². The molecule has 2 atom stereocenters. The van der Waals surface area contributed by atoms with Gasteiger partial charge in [-0.3, -0.25) is 0 Å². The summed E-state index contributed by atoms with van der Waals surface area (Å²) in [5, 5.41) is 4.51. The molecular weight excluding hydrogens is 400 g/mol. The van der Waals surface area contributed by atoms with Crippen LogP contribution in [0.5, 0.6) is 0 Å². The lowest BCUT2D eigenvalue weighted by Gasteiger charge is -2.24. The Morgan fingerprint density at radius 3 is 2.72 bits per heavy atom. The third kappa shape index (κ3) is 4.79. The minimum atomic E-state index is -0.665. The first-order valence-corrected chi connectivity index (χ1v) is 9.72. The maximum Gasteiger partial charge on any atom is 0.409 e. The van der Waals surface area contributed by atoms with Crippen molar-refractivity contribution in [2.75, 3.05) is 20.2 Å². The van der Waals surface area contributed by atoms with Crippen LogP contribution in [0.3, 0.4) is 0 Å². The third-order valence-electron chi connectivity index (χ3n) is 4.47. The van der Waals surface area contributed by atoms with Crippen LogP contribution in [0.25, 0.3) is 5.65 Å². The van der Waals surface area contributed by atoms with Gasteiger partial charge in [0.05, 0.1) is 31.6 Å². The molecule has 9 nitrogen and oxygen atoms in total. The SMILES string of the molecule is COC(=O)N1CC[C@@H](O[C@@H](C)c2c(C(=O)OC(C)(C)C)cnc3cc(Cl)nn23)C1. The van der Waals surface area contributed by atoms with Crippen molar-refractivity contribution in [1.82, 2.24) is 19.5 Å². The molecule has 3 heterocycles. The van der Waals surface area contributed by atoms with Gasteiger partial charge in [0.1, 0.15) is 11.2 Å². The van der Waals surface area contributed by atoms with Crippen molar-refractivity contribution >= 4 is 29.3 Å². The maximum atomic E-state index is 12.8. The van der Waals surface area contributed by atoms with Crippen LogP contribution >= 0.6 is 11.6 Å². The van der Waals surface area contributed by atoms with Crippen molar-refractivity contribution in [2.24, 2.45) is 0 Å². The number of fused-ring (bicyclic) bond motifs is 1. The zero-order chi connectivity index (χ0) is 21.3. The number of aromatic nitrogens is 3. The van der Waals surface area contributed by atoms with Gasteiger partial charge in [-0.25, -0.2) is 19.1 Å². The third-order valence-corrected chi connectivity index (χ3v) is 4.65. The van der Waals surface area contributed by atoms with Crippen molar-refractivity contribution in [2.45, 2.75) is 51.9 Å². The number of halogens is 1. The fourth-order valence-electron chi connectivity index (χ4n) is 3.29. The van der Waals surface area contributed by atoms with Crippen molar-refractivity contribution in [3.63, 3.8) is 0 Å². The van der Waals surface area contributed by atoms with Gasteiger partial charge in [-0.2, -0.15) is 5.10 Å². The van der Waals surface area contributed by atoms with Gasteiger partial charge in [0, 0.05) is 18.8 Å². The van der Waals surface area contributed by atoms with Crippen LogP contribution in [0.1, 0.15) is 56.3 Å². The molecule has 1 fully saturated rings. The van der Waals surface area contributed by atoms with E-state index >= 15 is 0 Å². The van der Waals surface area contributed by atoms with Crippen LogP contribution in [-0.4, -0.2) is 63.5 Å². The highest BCUT2D eigenvalue weighted by molar-refractivity contribution is 6.29. The highest BCUT2D eigenvalue weighted by atomic mass is 35.5. The van der Waals surface area contributed by atoms with Crippen LogP contribution in [0.15, 0.2) is 12.3 Å². The van der Waals surface area contributed by atoms with E-state index in [-0.39, 0.29) is 22.9 Å². The second-order valence-corrected chi connectivity index (χ2v) is 8.29. The van der Waals surface area contributed by atoms with Gasteiger partial charge in [-0.15, -0.1) is 0 Å². The quantitative estimate of drug-likeness (QED) is 0.695. The number of esters is 1. The molecule has 1 saturated heterocycles. The Hall–Kier alpha value is -2.39. The summed E-state index contributed by atoms with van der Waals surface area (Å²) in [6.45, 7) is 8.15. The lowest BCUT2D eigenvalue weighted by Crippen LogP contribution is -2.30. The molecule has 2 aromatic heterocycles. The molecule has 0 aromatic carbocycles. The summed E-state index contributed by atoms with van der Waals surface area (Å²) in [7, 11) is 1.35. The summed E-state index contributed by atoms with van der Waals surface area (Å²) in [5.74, 6) is -0.522. The molecule has 0 unspecified atom stereocenters. The molecule has 0 spiro atoms. The summed E-state index contributed by atoms with van der Waals surface area (Å²) < 4.78 is 18.0. The van der Waals surface area contributed by atoms with Crippen molar-refractivity contribution < 1.29 is 23.8 Å². The van der Waals surface area contributed by atoms with Gasteiger partial charge < -0.3 is 19.1 Å². The van der Waals surface area contributed by atoms with Crippen molar-refractivity contribution in [3.8, 4) is 0 Å². The summed E-state index contributed by atoms with van der Waals surface area (Å²) in [6.07, 6.45) is 0.996. The zero-order valence-corrected chi connectivity index (χ0v) is 17.9. The Balaban J connectivity index is 1.90. The predicted molar refractivity (Wildman–Crippen MR) is 105 cm³/mol. The number of amides is 1. The number of methoxy groups -OCH3 is 1. The molecule has 0 bridgehead atoms. The first kappa shape index (κ1) is 21.3. The van der Waals surface area contributed by atoms with Crippen LogP contribution in [0.4, 0.5) is 4.79 Å². The number of nitrogens with zero attached hydrogens (tertiary/aromatic N) is 4. The minimum Gasteiger partial charge on any atom is -0.456 e. The van der Waals surface area contributed by atoms with E-state index in [1.807, 2.05) is 6.92 Å². The Labute approximate surface area is 173 Å². The van der Waals surface area contributed by atoms with E-state index in [1.165, 1.54) is 17.8 Å². The molecule has 0 aliphatic carbocycles. The number of hydrogen-bond donors (Lipinski definition) is 0. The van der Waals surface area contributed by atoms with Gasteiger partial charge in [-0.1, -0.05) is 11.6 Å². The Morgan fingerprint density at radius 1 is 1.34 bits per heavy atom. The van der Waals surface area contributed by atoms with E-state index in [9.17, 15) is 9.59 Å². The zero-order valence-electron chi connectivity index (χ0n) is 17.1. The number of carbonyl (C=O) groups is 2. The van der Waals surface area contributed by atoms with E-state index in [0.29, 0.717) is 30.9 Å². The largest absolute Gasteiger partial charge is 0.456 e. The molecule has 3 rings (SSSR count). The average Bonchev–Trinajstić information content (AvgIpc) is 3.23. The second-order valence-electron chi connectivity index (χ2n) is 7.90. The monoisotopic (exact) mass is 424 g/mol. The lowest BCUT2D eigenvalue weighted by molar-refractivity contribution is -0.00547. The van der Waals surface area contributed by atoms with Gasteiger partial charge >= 0.3 is 12.1 Å². The van der Waals surface area contributed by atoms with Crippen LogP contribution in [-0.2, 0) is 14.2 Å². The first-order valence-electron chi connectivity index (χ1n) is 9.35. The molecule has 1 aliphatic heterocycles. The fraction of sp³-hybridized carbons (Fsp3) is 0.579. The fourth-order valence-corrected chi connectivity index (χ4v) is 3.47. The molecule has 158 valence electrons. The molecule has 1 amide bonds. The lowest BCUT2D eigenvalue weighted by atomic mass is 10.1. The van der Waals surface area contributed by atoms with Gasteiger partial charge in [0.2, 0.25) is 0 Å². The molecule has 2 aromatic rings. The predicted octanol–water partition coefficient (Wildman–Crippen LogP) is 3.26. The van der Waals surface area contributed by atoms with Crippen LogP contribution < -0.4 is 0 Å². The Bertz CT molecular complexity index is 923. The number of likely N-dealkylation sites (tertiary alicyclic amines) is 1. The summed E-state index contributed by atoms with van der Waals surface area (Å²) in [5.41, 5.74) is 0.576. The van der Waals surface area contributed by atoms with E-state index in [0.717, 1.165) is 0 Å². The van der Waals surface area contributed by atoms with Gasteiger partial charge in [-0.05, 0) is 34.1 Å². The molecular formula is C19H25ClN4O5.